The van der Waals surface area contributed by atoms with Crippen LogP contribution in [-0.2, 0) is 4.74 Å². The highest BCUT2D eigenvalue weighted by atomic mass is 35.5. The van der Waals surface area contributed by atoms with E-state index in [2.05, 4.69) is 31.8 Å². The molecule has 0 aromatic carbocycles. The second-order valence-electron chi connectivity index (χ2n) is 5.43. The number of rotatable bonds is 2. The van der Waals surface area contributed by atoms with Crippen molar-refractivity contribution < 1.29 is 4.74 Å². The second-order valence-corrected chi connectivity index (χ2v) is 5.76. The van der Waals surface area contributed by atoms with Gasteiger partial charge in [-0.05, 0) is 30.7 Å². The Balaban J connectivity index is 1.88. The number of anilines is 1. The average Bonchev–Trinajstić information content (AvgIpc) is 2.99. The molecule has 4 heterocycles. The van der Waals surface area contributed by atoms with Crippen molar-refractivity contribution in [1.29, 1.82) is 0 Å². The number of pyridine rings is 1. The van der Waals surface area contributed by atoms with Gasteiger partial charge in [0, 0.05) is 18.9 Å². The van der Waals surface area contributed by atoms with Crippen LogP contribution in [0, 0.1) is 0 Å². The third kappa shape index (κ3) is 2.51. The van der Waals surface area contributed by atoms with Gasteiger partial charge in [-0.15, -0.1) is 0 Å². The maximum Gasteiger partial charge on any atom is 0.226 e. The van der Waals surface area contributed by atoms with Crippen LogP contribution < -0.4 is 4.90 Å². The number of nitrogens with zero attached hydrogens (tertiary/aromatic N) is 6. The largest absolute Gasteiger partial charge is 0.377 e. The van der Waals surface area contributed by atoms with E-state index in [4.69, 9.17) is 16.3 Å². The molecule has 23 heavy (non-hydrogen) atoms. The molecule has 7 nitrogen and oxygen atoms in total. The molecule has 0 bridgehead atoms. The standard InChI is InChI=1S/C15H15ClN6O/c1-10-8-23-7-6-21(10)13-12-14(20-15(16)19-13)22(9-18-12)11-2-4-17-5-3-11/h2-5,9-10H,6-8H2,1H3/t10-/m1/s1. The first-order chi connectivity index (χ1) is 11.2. The van der Waals surface area contributed by atoms with Crippen LogP contribution in [0.2, 0.25) is 5.28 Å². The molecule has 1 saturated heterocycles. The average molecular weight is 331 g/mol. The summed E-state index contributed by atoms with van der Waals surface area (Å²) in [6.07, 6.45) is 5.20. The van der Waals surface area contributed by atoms with Gasteiger partial charge in [0.2, 0.25) is 5.28 Å². The van der Waals surface area contributed by atoms with Gasteiger partial charge in [0.15, 0.2) is 17.0 Å². The van der Waals surface area contributed by atoms with E-state index in [1.807, 2.05) is 16.7 Å². The van der Waals surface area contributed by atoms with E-state index in [9.17, 15) is 0 Å². The Morgan fingerprint density at radius 2 is 2.09 bits per heavy atom. The van der Waals surface area contributed by atoms with Crippen LogP contribution >= 0.6 is 11.6 Å². The van der Waals surface area contributed by atoms with E-state index in [0.29, 0.717) is 18.9 Å². The van der Waals surface area contributed by atoms with Gasteiger partial charge in [0.05, 0.1) is 24.9 Å². The lowest BCUT2D eigenvalue weighted by atomic mass is 10.2. The summed E-state index contributed by atoms with van der Waals surface area (Å²) in [5.41, 5.74) is 2.35. The molecule has 4 rings (SSSR count). The number of aromatic nitrogens is 5. The van der Waals surface area contributed by atoms with Gasteiger partial charge in [-0.2, -0.15) is 9.97 Å². The van der Waals surface area contributed by atoms with Crippen LogP contribution in [-0.4, -0.2) is 50.3 Å². The number of imidazole rings is 1. The Morgan fingerprint density at radius 3 is 2.87 bits per heavy atom. The van der Waals surface area contributed by atoms with Crippen molar-refractivity contribution in [3.05, 3.63) is 36.1 Å². The fraction of sp³-hybridized carbons (Fsp3) is 0.333. The molecular formula is C15H15ClN6O. The zero-order valence-electron chi connectivity index (χ0n) is 12.6. The summed E-state index contributed by atoms with van der Waals surface area (Å²) in [6.45, 7) is 4.18. The second kappa shape index (κ2) is 5.75. The summed E-state index contributed by atoms with van der Waals surface area (Å²) in [7, 11) is 0. The fourth-order valence-corrected chi connectivity index (χ4v) is 2.96. The maximum atomic E-state index is 6.17. The smallest absolute Gasteiger partial charge is 0.226 e. The summed E-state index contributed by atoms with van der Waals surface area (Å²) in [5, 5.41) is 0.210. The van der Waals surface area contributed by atoms with Crippen LogP contribution in [0.15, 0.2) is 30.9 Å². The third-order valence-electron chi connectivity index (χ3n) is 3.93. The Hall–Kier alpha value is -2.25. The first-order valence-electron chi connectivity index (χ1n) is 7.39. The zero-order chi connectivity index (χ0) is 15.8. The van der Waals surface area contributed by atoms with E-state index >= 15 is 0 Å². The Bertz CT molecular complexity index is 837. The summed E-state index contributed by atoms with van der Waals surface area (Å²) >= 11 is 6.17. The molecule has 0 N–H and O–H groups in total. The third-order valence-corrected chi connectivity index (χ3v) is 4.10. The van der Waals surface area contributed by atoms with E-state index in [1.165, 1.54) is 0 Å². The van der Waals surface area contributed by atoms with Crippen molar-refractivity contribution in [2.24, 2.45) is 0 Å². The predicted octanol–water partition coefficient (Wildman–Crippen LogP) is 2.09. The lowest BCUT2D eigenvalue weighted by Gasteiger charge is -2.34. The van der Waals surface area contributed by atoms with Gasteiger partial charge in [-0.3, -0.25) is 9.55 Å². The van der Waals surface area contributed by atoms with Gasteiger partial charge in [0.25, 0.3) is 0 Å². The SMILES string of the molecule is C[C@@H]1COCCN1c1nc(Cl)nc2c1ncn2-c1ccncc1. The molecular weight excluding hydrogens is 316 g/mol. The molecule has 0 spiro atoms. The van der Waals surface area contributed by atoms with E-state index in [-0.39, 0.29) is 11.3 Å². The monoisotopic (exact) mass is 330 g/mol. The van der Waals surface area contributed by atoms with Crippen LogP contribution in [0.3, 0.4) is 0 Å². The Labute approximate surface area is 137 Å². The minimum atomic E-state index is 0.210. The van der Waals surface area contributed by atoms with Gasteiger partial charge in [0.1, 0.15) is 6.33 Å². The molecule has 1 aliphatic heterocycles. The maximum absolute atomic E-state index is 6.17. The lowest BCUT2D eigenvalue weighted by Crippen LogP contribution is -2.44. The van der Waals surface area contributed by atoms with Crippen LogP contribution in [0.1, 0.15) is 6.92 Å². The number of fused-ring (bicyclic) bond motifs is 1. The van der Waals surface area contributed by atoms with E-state index in [1.54, 1.807) is 18.7 Å². The number of hydrogen-bond acceptors (Lipinski definition) is 6. The molecule has 118 valence electrons. The minimum Gasteiger partial charge on any atom is -0.377 e. The normalized spacial score (nSPS) is 18.5. The highest BCUT2D eigenvalue weighted by Gasteiger charge is 2.25. The molecule has 0 aliphatic carbocycles. The van der Waals surface area contributed by atoms with Crippen molar-refractivity contribution in [2.75, 3.05) is 24.7 Å². The van der Waals surface area contributed by atoms with E-state index < -0.39 is 0 Å². The quantitative estimate of drug-likeness (QED) is 0.670. The van der Waals surface area contributed by atoms with Crippen LogP contribution in [0.25, 0.3) is 16.9 Å². The summed E-state index contributed by atoms with van der Waals surface area (Å²) in [5.74, 6) is 0.753. The Kier molecular flexibility index (Phi) is 3.59. The molecule has 3 aromatic rings. The summed E-state index contributed by atoms with van der Waals surface area (Å²) in [4.78, 5) is 19.5. The minimum absolute atomic E-state index is 0.210. The topological polar surface area (TPSA) is 69.0 Å². The first kappa shape index (κ1) is 14.3. The van der Waals surface area contributed by atoms with Gasteiger partial charge >= 0.3 is 0 Å². The molecule has 8 heteroatoms. The van der Waals surface area contributed by atoms with Crippen LogP contribution in [0.4, 0.5) is 5.82 Å². The molecule has 3 aromatic heterocycles. The van der Waals surface area contributed by atoms with Gasteiger partial charge in [-0.1, -0.05) is 0 Å². The molecule has 0 radical (unpaired) electrons. The summed E-state index contributed by atoms with van der Waals surface area (Å²) in [6, 6.07) is 4.01. The number of hydrogen-bond donors (Lipinski definition) is 0. The number of ether oxygens (including phenoxy) is 1. The van der Waals surface area contributed by atoms with Gasteiger partial charge < -0.3 is 9.64 Å². The first-order valence-corrected chi connectivity index (χ1v) is 7.77. The molecule has 1 aliphatic rings. The van der Waals surface area contributed by atoms with Gasteiger partial charge in [-0.25, -0.2) is 4.98 Å². The van der Waals surface area contributed by atoms with Crippen molar-refractivity contribution in [2.45, 2.75) is 13.0 Å². The molecule has 0 saturated carbocycles. The highest BCUT2D eigenvalue weighted by Crippen LogP contribution is 2.28. The fourth-order valence-electron chi connectivity index (χ4n) is 2.79. The Morgan fingerprint density at radius 1 is 1.26 bits per heavy atom. The van der Waals surface area contributed by atoms with E-state index in [0.717, 1.165) is 23.6 Å². The zero-order valence-corrected chi connectivity index (χ0v) is 13.3. The lowest BCUT2D eigenvalue weighted by molar-refractivity contribution is 0.0986. The van der Waals surface area contributed by atoms with Crippen LogP contribution in [0.5, 0.6) is 0 Å². The molecule has 0 unspecified atom stereocenters. The van der Waals surface area contributed by atoms with Crippen molar-refractivity contribution in [3.8, 4) is 5.69 Å². The molecule has 0 amide bonds. The predicted molar refractivity (Wildman–Crippen MR) is 87.1 cm³/mol. The molecule has 1 fully saturated rings. The van der Waals surface area contributed by atoms with Crippen molar-refractivity contribution in [1.82, 2.24) is 24.5 Å². The van der Waals surface area contributed by atoms with Crippen molar-refractivity contribution >= 4 is 28.6 Å². The van der Waals surface area contributed by atoms with Crippen molar-refractivity contribution in [3.63, 3.8) is 0 Å². The number of halogens is 1. The number of morpholine rings is 1. The summed E-state index contributed by atoms with van der Waals surface area (Å²) < 4.78 is 7.39. The highest BCUT2D eigenvalue weighted by molar-refractivity contribution is 6.28. The molecule has 1 atom stereocenters.